The van der Waals surface area contributed by atoms with Gasteiger partial charge in [0, 0.05) is 25.7 Å². The molecule has 0 fully saturated rings. The zero-order chi connectivity index (χ0) is 23.5. The number of benzene rings is 3. The van der Waals surface area contributed by atoms with Gasteiger partial charge in [0.25, 0.3) is 5.91 Å². The summed E-state index contributed by atoms with van der Waals surface area (Å²) in [4.78, 5) is 38.0. The summed E-state index contributed by atoms with van der Waals surface area (Å²) < 4.78 is 16.2. The van der Waals surface area contributed by atoms with E-state index in [1.54, 1.807) is 48.5 Å². The minimum atomic E-state index is -1.03. The van der Waals surface area contributed by atoms with E-state index in [1.807, 2.05) is 0 Å². The molecule has 3 N–H and O–H groups in total. The summed E-state index contributed by atoms with van der Waals surface area (Å²) in [7, 11) is 0. The van der Waals surface area contributed by atoms with Gasteiger partial charge in [-0.15, -0.1) is 0 Å². The summed E-state index contributed by atoms with van der Waals surface area (Å²) in [5.41, 5.74) is 3.75. The molecule has 33 heavy (non-hydrogen) atoms. The molecule has 0 spiro atoms. The van der Waals surface area contributed by atoms with Gasteiger partial charge in [-0.2, -0.15) is 0 Å². The average molecular weight is 574 g/mol. The van der Waals surface area contributed by atoms with Gasteiger partial charge >= 0.3 is 11.8 Å². The number of rotatable bonds is 4. The van der Waals surface area contributed by atoms with Crippen LogP contribution in [0.1, 0.15) is 10.5 Å². The van der Waals surface area contributed by atoms with Crippen molar-refractivity contribution in [1.29, 1.82) is 0 Å². The summed E-state index contributed by atoms with van der Waals surface area (Å²) >= 11 is 6.72. The number of nitrogens with one attached hydrogen (secondary N) is 3. The Morgan fingerprint density at radius 1 is 0.758 bits per heavy atom. The zero-order valence-corrected chi connectivity index (χ0v) is 19.9. The van der Waals surface area contributed by atoms with E-state index in [2.05, 4.69) is 47.9 Å². The lowest BCUT2D eigenvalue weighted by Gasteiger charge is -2.13. The Hall–Kier alpha value is -3.50. The van der Waals surface area contributed by atoms with Gasteiger partial charge in [0.15, 0.2) is 0 Å². The lowest BCUT2D eigenvalue weighted by Crippen LogP contribution is -2.36. The second-order valence-corrected chi connectivity index (χ2v) is 8.77. The summed E-state index contributed by atoms with van der Waals surface area (Å²) in [5, 5.41) is 5.76. The van der Waals surface area contributed by atoms with E-state index >= 15 is 0 Å². The molecule has 0 unspecified atom stereocenters. The van der Waals surface area contributed by atoms with Crippen LogP contribution >= 0.6 is 31.9 Å². The van der Waals surface area contributed by atoms with E-state index in [1.165, 1.54) is 22.9 Å². The molecule has 3 aromatic carbocycles. The molecule has 0 aliphatic heterocycles. The van der Waals surface area contributed by atoms with Crippen LogP contribution in [0, 0.1) is 5.82 Å². The van der Waals surface area contributed by atoms with Crippen molar-refractivity contribution >= 4 is 71.9 Å². The molecule has 0 aliphatic carbocycles. The Bertz CT molecular complexity index is 1390. The highest BCUT2D eigenvalue weighted by molar-refractivity contribution is 9.10. The molecule has 0 aliphatic rings. The Labute approximate surface area is 204 Å². The van der Waals surface area contributed by atoms with Crippen LogP contribution < -0.4 is 16.1 Å². The smallest absolute Gasteiger partial charge is 0.321 e. The molecule has 1 aromatic heterocycles. The Morgan fingerprint density at radius 3 is 2.21 bits per heavy atom. The number of carbonyl (C=O) groups is 3. The standard InChI is InChI=1S/C23H15Br2FN4O3/c24-14-4-7-17(8-5-14)27-21(31)20-11-13-10-15(25)6-9-19(13)30(20)29-23(33)22(32)28-18-3-1-2-16(26)12-18/h1-12H,(H,27,31)(H,28,32)(H,29,33). The third kappa shape index (κ3) is 5.29. The second kappa shape index (κ2) is 9.55. The maximum absolute atomic E-state index is 13.4. The topological polar surface area (TPSA) is 92.2 Å². The quantitative estimate of drug-likeness (QED) is 0.291. The first-order valence-electron chi connectivity index (χ1n) is 9.56. The van der Waals surface area contributed by atoms with E-state index in [9.17, 15) is 18.8 Å². The van der Waals surface area contributed by atoms with Crippen molar-refractivity contribution in [2.45, 2.75) is 0 Å². The van der Waals surface area contributed by atoms with Crippen LogP contribution in [0.3, 0.4) is 0 Å². The molecule has 4 rings (SSSR count). The second-order valence-electron chi connectivity index (χ2n) is 6.93. The predicted octanol–water partition coefficient (Wildman–Crippen LogP) is 5.27. The molecule has 1 heterocycles. The van der Waals surface area contributed by atoms with E-state index in [0.29, 0.717) is 16.6 Å². The zero-order valence-electron chi connectivity index (χ0n) is 16.7. The van der Waals surface area contributed by atoms with Crippen molar-refractivity contribution < 1.29 is 18.8 Å². The monoisotopic (exact) mass is 572 g/mol. The van der Waals surface area contributed by atoms with Crippen molar-refractivity contribution in [2.75, 3.05) is 16.1 Å². The number of aromatic nitrogens is 1. The van der Waals surface area contributed by atoms with Crippen molar-refractivity contribution in [3.05, 3.63) is 93.3 Å². The van der Waals surface area contributed by atoms with Gasteiger partial charge in [-0.25, -0.2) is 9.07 Å². The van der Waals surface area contributed by atoms with Gasteiger partial charge in [-0.3, -0.25) is 19.8 Å². The van der Waals surface area contributed by atoms with Crippen LogP contribution in [0.4, 0.5) is 15.8 Å². The van der Waals surface area contributed by atoms with Gasteiger partial charge in [-0.05, 0) is 66.7 Å². The first kappa shape index (κ1) is 22.7. The molecule has 3 amide bonds. The Kier molecular flexibility index (Phi) is 6.57. The summed E-state index contributed by atoms with van der Waals surface area (Å²) in [6.45, 7) is 0. The van der Waals surface area contributed by atoms with E-state index < -0.39 is 23.5 Å². The number of anilines is 2. The van der Waals surface area contributed by atoms with Crippen molar-refractivity contribution in [3.8, 4) is 0 Å². The minimum absolute atomic E-state index is 0.109. The Morgan fingerprint density at radius 2 is 1.48 bits per heavy atom. The summed E-state index contributed by atoms with van der Waals surface area (Å²) in [6, 6.07) is 19.0. The highest BCUT2D eigenvalue weighted by Crippen LogP contribution is 2.24. The van der Waals surface area contributed by atoms with E-state index in [-0.39, 0.29) is 11.4 Å². The average Bonchev–Trinajstić information content (AvgIpc) is 3.12. The maximum atomic E-state index is 13.4. The number of hydrogen-bond donors (Lipinski definition) is 3. The molecule has 166 valence electrons. The number of amides is 3. The molecular weight excluding hydrogens is 559 g/mol. The van der Waals surface area contributed by atoms with Gasteiger partial charge in [0.1, 0.15) is 11.5 Å². The van der Waals surface area contributed by atoms with Crippen molar-refractivity contribution in [1.82, 2.24) is 4.68 Å². The van der Waals surface area contributed by atoms with Gasteiger partial charge in [-0.1, -0.05) is 37.9 Å². The van der Waals surface area contributed by atoms with Crippen LogP contribution in [0.5, 0.6) is 0 Å². The lowest BCUT2D eigenvalue weighted by molar-refractivity contribution is -0.133. The molecular formula is C23H15Br2FN4O3. The normalized spacial score (nSPS) is 10.6. The van der Waals surface area contributed by atoms with Crippen molar-refractivity contribution in [2.24, 2.45) is 0 Å². The predicted molar refractivity (Wildman–Crippen MR) is 131 cm³/mol. The number of carbonyl (C=O) groups excluding carboxylic acids is 3. The molecule has 0 saturated carbocycles. The van der Waals surface area contributed by atoms with Crippen molar-refractivity contribution in [3.63, 3.8) is 0 Å². The SMILES string of the molecule is O=C(Nc1cccc(F)c1)C(=O)Nn1c(C(=O)Nc2ccc(Br)cc2)cc2cc(Br)ccc21. The molecule has 10 heteroatoms. The molecule has 0 saturated heterocycles. The number of fused-ring (bicyclic) bond motifs is 1. The highest BCUT2D eigenvalue weighted by atomic mass is 79.9. The molecule has 0 bridgehead atoms. The van der Waals surface area contributed by atoms with Gasteiger partial charge < -0.3 is 10.6 Å². The van der Waals surface area contributed by atoms with Crippen LogP contribution in [0.2, 0.25) is 0 Å². The molecule has 0 radical (unpaired) electrons. The fourth-order valence-electron chi connectivity index (χ4n) is 3.11. The number of nitrogens with zero attached hydrogens (tertiary/aromatic N) is 1. The summed E-state index contributed by atoms with van der Waals surface area (Å²) in [6.07, 6.45) is 0. The van der Waals surface area contributed by atoms with Gasteiger partial charge in [0.05, 0.1) is 5.52 Å². The minimum Gasteiger partial charge on any atom is -0.321 e. The molecule has 4 aromatic rings. The first-order valence-corrected chi connectivity index (χ1v) is 11.1. The molecule has 7 nitrogen and oxygen atoms in total. The van der Waals surface area contributed by atoms with E-state index in [4.69, 9.17) is 0 Å². The Balaban J connectivity index is 1.62. The third-order valence-corrected chi connectivity index (χ3v) is 5.62. The largest absolute Gasteiger partial charge is 0.328 e. The fraction of sp³-hybridized carbons (Fsp3) is 0. The number of hydrogen-bond acceptors (Lipinski definition) is 3. The summed E-state index contributed by atoms with van der Waals surface area (Å²) in [5.74, 6) is -3.09. The van der Waals surface area contributed by atoms with Crippen LogP contribution in [0.15, 0.2) is 81.7 Å². The highest BCUT2D eigenvalue weighted by Gasteiger charge is 2.21. The number of halogens is 3. The van der Waals surface area contributed by atoms with Crippen LogP contribution in [-0.2, 0) is 9.59 Å². The van der Waals surface area contributed by atoms with Crippen LogP contribution in [-0.4, -0.2) is 22.4 Å². The third-order valence-electron chi connectivity index (χ3n) is 4.60. The van der Waals surface area contributed by atoms with E-state index in [0.717, 1.165) is 15.0 Å². The fourth-order valence-corrected chi connectivity index (χ4v) is 3.75. The lowest BCUT2D eigenvalue weighted by atomic mass is 10.2. The van der Waals surface area contributed by atoms with Gasteiger partial charge in [0.2, 0.25) is 0 Å². The van der Waals surface area contributed by atoms with Crippen LogP contribution in [0.25, 0.3) is 10.9 Å². The maximum Gasteiger partial charge on any atom is 0.328 e. The molecule has 0 atom stereocenters. The first-order chi connectivity index (χ1) is 15.8.